The molecule has 1 aromatic carbocycles. The Morgan fingerprint density at radius 2 is 1.78 bits per heavy atom. The van der Waals surface area contributed by atoms with E-state index in [1.165, 1.54) is 0 Å². The molecule has 1 saturated carbocycles. The van der Waals surface area contributed by atoms with Gasteiger partial charge in [-0.25, -0.2) is 0 Å². The van der Waals surface area contributed by atoms with Crippen molar-refractivity contribution < 1.29 is 14.7 Å². The van der Waals surface area contributed by atoms with E-state index in [0.717, 1.165) is 18.5 Å². The first-order chi connectivity index (χ1) is 8.66. The van der Waals surface area contributed by atoms with Crippen molar-refractivity contribution in [3.8, 4) is 0 Å². The number of carboxylic acid groups (broad SMARTS) is 1. The van der Waals surface area contributed by atoms with Gasteiger partial charge in [0.2, 0.25) is 5.91 Å². The van der Waals surface area contributed by atoms with Gasteiger partial charge in [0.05, 0.1) is 5.92 Å². The molecular formula is C14H17NO3. The fraction of sp³-hybridized carbons (Fsp3) is 0.429. The SMILES string of the molecule is O=C(O)[C@@H]1CCC[C@H](C(=O)Nc2ccccc2)C1. The normalized spacial score (nSPS) is 23.3. The monoisotopic (exact) mass is 247 g/mol. The zero-order valence-corrected chi connectivity index (χ0v) is 10.1. The highest BCUT2D eigenvalue weighted by molar-refractivity contribution is 5.92. The highest BCUT2D eigenvalue weighted by atomic mass is 16.4. The number of para-hydroxylation sites is 1. The molecule has 96 valence electrons. The van der Waals surface area contributed by atoms with E-state index in [0.29, 0.717) is 12.8 Å². The van der Waals surface area contributed by atoms with Crippen LogP contribution in [-0.2, 0) is 9.59 Å². The van der Waals surface area contributed by atoms with Gasteiger partial charge >= 0.3 is 5.97 Å². The van der Waals surface area contributed by atoms with Gasteiger partial charge in [-0.1, -0.05) is 24.6 Å². The van der Waals surface area contributed by atoms with Gasteiger partial charge in [-0.2, -0.15) is 0 Å². The fourth-order valence-corrected chi connectivity index (χ4v) is 2.42. The minimum atomic E-state index is -0.785. The number of amides is 1. The summed E-state index contributed by atoms with van der Waals surface area (Å²) in [4.78, 5) is 23.0. The van der Waals surface area contributed by atoms with Gasteiger partial charge in [0.1, 0.15) is 0 Å². The first-order valence-corrected chi connectivity index (χ1v) is 6.25. The van der Waals surface area contributed by atoms with Gasteiger partial charge in [0.15, 0.2) is 0 Å². The number of hydrogen-bond acceptors (Lipinski definition) is 2. The van der Waals surface area contributed by atoms with Crippen molar-refractivity contribution in [1.29, 1.82) is 0 Å². The molecule has 2 atom stereocenters. The summed E-state index contributed by atoms with van der Waals surface area (Å²) < 4.78 is 0. The summed E-state index contributed by atoms with van der Waals surface area (Å²) in [6, 6.07) is 9.26. The predicted octanol–water partition coefficient (Wildman–Crippen LogP) is 2.52. The van der Waals surface area contributed by atoms with Crippen LogP contribution in [-0.4, -0.2) is 17.0 Å². The van der Waals surface area contributed by atoms with Crippen molar-refractivity contribution in [3.63, 3.8) is 0 Å². The molecule has 1 aromatic rings. The number of rotatable bonds is 3. The first-order valence-electron chi connectivity index (χ1n) is 6.25. The van der Waals surface area contributed by atoms with E-state index in [2.05, 4.69) is 5.32 Å². The lowest BCUT2D eigenvalue weighted by molar-refractivity contribution is -0.143. The fourth-order valence-electron chi connectivity index (χ4n) is 2.42. The van der Waals surface area contributed by atoms with Crippen LogP contribution in [0, 0.1) is 11.8 Å². The summed E-state index contributed by atoms with van der Waals surface area (Å²) in [7, 11) is 0. The van der Waals surface area contributed by atoms with Crippen molar-refractivity contribution in [3.05, 3.63) is 30.3 Å². The van der Waals surface area contributed by atoms with Crippen molar-refractivity contribution >= 4 is 17.6 Å². The average molecular weight is 247 g/mol. The molecule has 0 saturated heterocycles. The molecule has 18 heavy (non-hydrogen) atoms. The van der Waals surface area contributed by atoms with Crippen molar-refractivity contribution in [2.75, 3.05) is 5.32 Å². The largest absolute Gasteiger partial charge is 0.481 e. The number of anilines is 1. The quantitative estimate of drug-likeness (QED) is 0.862. The number of carbonyl (C=O) groups is 2. The topological polar surface area (TPSA) is 66.4 Å². The molecule has 0 aliphatic heterocycles. The molecule has 4 nitrogen and oxygen atoms in total. The minimum Gasteiger partial charge on any atom is -0.481 e. The van der Waals surface area contributed by atoms with Crippen LogP contribution in [0.1, 0.15) is 25.7 Å². The molecule has 2 rings (SSSR count). The van der Waals surface area contributed by atoms with E-state index in [1.807, 2.05) is 30.3 Å². The molecule has 0 unspecified atom stereocenters. The minimum absolute atomic E-state index is 0.0628. The Labute approximate surface area is 106 Å². The first kappa shape index (κ1) is 12.6. The molecule has 0 spiro atoms. The Hall–Kier alpha value is -1.84. The summed E-state index contributed by atoms with van der Waals surface area (Å²) in [5, 5.41) is 11.8. The highest BCUT2D eigenvalue weighted by Crippen LogP contribution is 2.30. The molecule has 0 heterocycles. The summed E-state index contributed by atoms with van der Waals surface area (Å²) in [5.41, 5.74) is 0.764. The van der Waals surface area contributed by atoms with E-state index in [4.69, 9.17) is 5.11 Å². The Morgan fingerprint density at radius 3 is 2.44 bits per heavy atom. The van der Waals surface area contributed by atoms with Crippen LogP contribution in [0.15, 0.2) is 30.3 Å². The lowest BCUT2D eigenvalue weighted by atomic mass is 9.81. The predicted molar refractivity (Wildman–Crippen MR) is 68.2 cm³/mol. The Morgan fingerprint density at radius 1 is 1.11 bits per heavy atom. The van der Waals surface area contributed by atoms with Gasteiger partial charge in [0, 0.05) is 11.6 Å². The maximum atomic E-state index is 12.0. The second-order valence-corrected chi connectivity index (χ2v) is 4.75. The van der Waals surface area contributed by atoms with Crippen LogP contribution < -0.4 is 5.32 Å². The summed E-state index contributed by atoms with van der Waals surface area (Å²) in [6.07, 6.45) is 2.73. The van der Waals surface area contributed by atoms with Crippen molar-refractivity contribution in [1.82, 2.24) is 0 Å². The van der Waals surface area contributed by atoms with Gasteiger partial charge in [-0.15, -0.1) is 0 Å². The van der Waals surface area contributed by atoms with Crippen LogP contribution in [0.2, 0.25) is 0 Å². The third-order valence-electron chi connectivity index (χ3n) is 3.44. The zero-order valence-electron chi connectivity index (χ0n) is 10.1. The summed E-state index contributed by atoms with van der Waals surface area (Å²) in [6.45, 7) is 0. The molecule has 1 aliphatic rings. The number of hydrogen-bond donors (Lipinski definition) is 2. The van der Waals surface area contributed by atoms with Crippen LogP contribution in [0.25, 0.3) is 0 Å². The third-order valence-corrected chi connectivity index (χ3v) is 3.44. The Bertz CT molecular complexity index is 430. The lowest BCUT2D eigenvalue weighted by Crippen LogP contribution is -2.30. The number of aliphatic carboxylic acids is 1. The number of carbonyl (C=O) groups excluding carboxylic acids is 1. The molecule has 0 aromatic heterocycles. The number of benzene rings is 1. The lowest BCUT2D eigenvalue weighted by Gasteiger charge is -2.25. The van der Waals surface area contributed by atoms with Crippen molar-refractivity contribution in [2.45, 2.75) is 25.7 Å². The second kappa shape index (κ2) is 5.67. The molecule has 2 N–H and O–H groups in total. The molecule has 4 heteroatoms. The maximum Gasteiger partial charge on any atom is 0.306 e. The molecule has 0 bridgehead atoms. The highest BCUT2D eigenvalue weighted by Gasteiger charge is 2.30. The van der Waals surface area contributed by atoms with Crippen LogP contribution in [0.3, 0.4) is 0 Å². The van der Waals surface area contributed by atoms with Gasteiger partial charge in [0.25, 0.3) is 0 Å². The van der Waals surface area contributed by atoms with Gasteiger partial charge < -0.3 is 10.4 Å². The number of nitrogens with one attached hydrogen (secondary N) is 1. The van der Waals surface area contributed by atoms with E-state index in [9.17, 15) is 9.59 Å². The van der Waals surface area contributed by atoms with Gasteiger partial charge in [-0.3, -0.25) is 9.59 Å². The third kappa shape index (κ3) is 3.09. The Balaban J connectivity index is 1.95. The molecule has 1 aliphatic carbocycles. The number of carboxylic acids is 1. The van der Waals surface area contributed by atoms with E-state index in [-0.39, 0.29) is 17.7 Å². The van der Waals surface area contributed by atoms with Crippen molar-refractivity contribution in [2.24, 2.45) is 11.8 Å². The molecule has 1 amide bonds. The van der Waals surface area contributed by atoms with Crippen LogP contribution >= 0.6 is 0 Å². The maximum absolute atomic E-state index is 12.0. The molecule has 1 fully saturated rings. The molecule has 0 radical (unpaired) electrons. The summed E-state index contributed by atoms with van der Waals surface area (Å²) >= 11 is 0. The zero-order chi connectivity index (χ0) is 13.0. The average Bonchev–Trinajstić information content (AvgIpc) is 2.40. The van der Waals surface area contributed by atoms with E-state index >= 15 is 0 Å². The Kier molecular flexibility index (Phi) is 3.97. The van der Waals surface area contributed by atoms with E-state index < -0.39 is 5.97 Å². The smallest absolute Gasteiger partial charge is 0.306 e. The van der Waals surface area contributed by atoms with E-state index in [1.54, 1.807) is 0 Å². The summed E-state index contributed by atoms with van der Waals surface area (Å²) in [5.74, 6) is -1.40. The molecular weight excluding hydrogens is 230 g/mol. The van der Waals surface area contributed by atoms with Crippen LogP contribution in [0.4, 0.5) is 5.69 Å². The van der Waals surface area contributed by atoms with Gasteiger partial charge in [-0.05, 0) is 31.4 Å². The second-order valence-electron chi connectivity index (χ2n) is 4.75. The standard InChI is InChI=1S/C14H17NO3/c16-13(15-12-7-2-1-3-8-12)10-5-4-6-11(9-10)14(17)18/h1-3,7-8,10-11H,4-6,9H2,(H,15,16)(H,17,18)/t10-,11+/m0/s1. The van der Waals surface area contributed by atoms with Crippen LogP contribution in [0.5, 0.6) is 0 Å².